The summed E-state index contributed by atoms with van der Waals surface area (Å²) in [6, 6.07) is 8.91. The van der Waals surface area contributed by atoms with Gasteiger partial charge in [0.25, 0.3) is 0 Å². The number of ether oxygens (including phenoxy) is 3. The van der Waals surface area contributed by atoms with E-state index >= 15 is 0 Å². The smallest absolute Gasteiger partial charge is 0.169 e. The van der Waals surface area contributed by atoms with Crippen molar-refractivity contribution in [2.24, 2.45) is 11.8 Å². The molecular weight excluding hydrogens is 512 g/mol. The van der Waals surface area contributed by atoms with Gasteiger partial charge in [-0.05, 0) is 61.1 Å². The summed E-state index contributed by atoms with van der Waals surface area (Å²) in [5, 5.41) is 47.3. The van der Waals surface area contributed by atoms with E-state index in [0.717, 1.165) is 5.57 Å². The van der Waals surface area contributed by atoms with Crippen LogP contribution in [0.15, 0.2) is 30.3 Å². The topological polar surface area (TPSA) is 126 Å². The highest BCUT2D eigenvalue weighted by Crippen LogP contribution is 2.49. The van der Waals surface area contributed by atoms with Gasteiger partial charge in [-0.15, -0.1) is 0 Å². The molecule has 0 amide bonds. The number of methoxy groups -OCH3 is 2. The van der Waals surface area contributed by atoms with Gasteiger partial charge >= 0.3 is 0 Å². The molecule has 3 aliphatic rings. The van der Waals surface area contributed by atoms with Gasteiger partial charge in [0.1, 0.15) is 28.8 Å². The molecule has 3 aromatic rings. The highest BCUT2D eigenvalue weighted by atomic mass is 16.5. The fraction of sp³-hybridized carbons (Fsp3) is 0.406. The second kappa shape index (κ2) is 9.14. The van der Waals surface area contributed by atoms with Gasteiger partial charge in [0.05, 0.1) is 48.2 Å². The van der Waals surface area contributed by atoms with Crippen molar-refractivity contribution < 1.29 is 39.4 Å². The number of rotatable bonds is 3. The van der Waals surface area contributed by atoms with Crippen molar-refractivity contribution in [3.8, 4) is 23.0 Å². The van der Waals surface area contributed by atoms with Gasteiger partial charge in [0.2, 0.25) is 0 Å². The van der Waals surface area contributed by atoms with Crippen molar-refractivity contribution in [1.82, 2.24) is 0 Å². The lowest BCUT2D eigenvalue weighted by Gasteiger charge is -2.42. The number of carbonyl (C=O) groups is 1. The second-order valence-electron chi connectivity index (χ2n) is 11.7. The summed E-state index contributed by atoms with van der Waals surface area (Å²) in [5.74, 6) is -0.292. The van der Waals surface area contributed by atoms with E-state index in [-0.39, 0.29) is 65.0 Å². The van der Waals surface area contributed by atoms with Crippen molar-refractivity contribution in [3.63, 3.8) is 0 Å². The summed E-state index contributed by atoms with van der Waals surface area (Å²) in [6.45, 7) is 5.52. The number of hydrogen-bond donors (Lipinski definition) is 4. The first-order valence-electron chi connectivity index (χ1n) is 13.6. The molecule has 0 unspecified atom stereocenters. The number of carbonyl (C=O) groups excluding carboxylic acids is 1. The molecule has 0 radical (unpaired) electrons. The highest BCUT2D eigenvalue weighted by Gasteiger charge is 2.44. The van der Waals surface area contributed by atoms with Crippen LogP contribution in [0.4, 0.5) is 0 Å². The van der Waals surface area contributed by atoms with Crippen LogP contribution in [0.3, 0.4) is 0 Å². The van der Waals surface area contributed by atoms with Gasteiger partial charge < -0.3 is 34.6 Å². The predicted molar refractivity (Wildman–Crippen MR) is 150 cm³/mol. The number of phenolic OH excluding ortho intramolecular Hbond substituents is 2. The Balaban J connectivity index is 1.71. The van der Waals surface area contributed by atoms with Crippen LogP contribution in [0.25, 0.3) is 22.1 Å². The fourth-order valence-electron chi connectivity index (χ4n) is 7.19. The van der Waals surface area contributed by atoms with Crippen molar-refractivity contribution in [3.05, 3.63) is 57.5 Å². The number of benzene rings is 3. The third kappa shape index (κ3) is 3.84. The number of aliphatic hydroxyl groups excluding tert-OH is 1. The molecule has 4 N–H and O–H groups in total. The van der Waals surface area contributed by atoms with Crippen molar-refractivity contribution in [1.29, 1.82) is 0 Å². The van der Waals surface area contributed by atoms with E-state index in [1.54, 1.807) is 26.2 Å². The van der Waals surface area contributed by atoms with Crippen LogP contribution in [0.1, 0.15) is 55.1 Å². The fourth-order valence-corrected chi connectivity index (χ4v) is 7.19. The molecule has 0 bridgehead atoms. The molecule has 0 spiro atoms. The summed E-state index contributed by atoms with van der Waals surface area (Å²) in [6.07, 6.45) is 0.297. The monoisotopic (exact) mass is 546 g/mol. The molecule has 1 aliphatic heterocycles. The van der Waals surface area contributed by atoms with E-state index < -0.39 is 11.5 Å². The van der Waals surface area contributed by atoms with Crippen molar-refractivity contribution in [2.45, 2.75) is 57.8 Å². The van der Waals surface area contributed by atoms with E-state index in [1.807, 2.05) is 32.0 Å². The Bertz CT molecular complexity index is 1700. The largest absolute Gasteiger partial charge is 0.511 e. The normalized spacial score (nSPS) is 27.7. The molecule has 1 heterocycles. The molecule has 3 aromatic carbocycles. The van der Waals surface area contributed by atoms with Gasteiger partial charge in [-0.25, -0.2) is 0 Å². The minimum absolute atomic E-state index is 0.0958. The lowest BCUT2D eigenvalue weighted by atomic mass is 9.70. The molecule has 1 fully saturated rings. The third-order valence-electron chi connectivity index (χ3n) is 8.75. The van der Waals surface area contributed by atoms with E-state index in [0.29, 0.717) is 44.9 Å². The van der Waals surface area contributed by atoms with Crippen molar-refractivity contribution in [2.75, 3.05) is 14.2 Å². The maximum atomic E-state index is 13.0. The van der Waals surface area contributed by atoms with Crippen molar-refractivity contribution >= 4 is 27.9 Å². The van der Waals surface area contributed by atoms with E-state index in [9.17, 15) is 25.2 Å². The first-order valence-corrected chi connectivity index (χ1v) is 13.6. The van der Waals surface area contributed by atoms with Crippen LogP contribution in [-0.4, -0.2) is 58.2 Å². The molecule has 0 saturated carbocycles. The van der Waals surface area contributed by atoms with E-state index in [2.05, 4.69) is 0 Å². The lowest BCUT2D eigenvalue weighted by Crippen LogP contribution is -2.49. The average Bonchev–Trinajstić information content (AvgIpc) is 2.87. The molecule has 40 heavy (non-hydrogen) atoms. The number of hydrogen-bond acceptors (Lipinski definition) is 8. The van der Waals surface area contributed by atoms with Gasteiger partial charge in [-0.1, -0.05) is 12.1 Å². The second-order valence-corrected chi connectivity index (χ2v) is 11.7. The zero-order valence-electron chi connectivity index (χ0n) is 23.2. The molecule has 6 rings (SSSR count). The number of aromatic hydroxyl groups is 2. The Kier molecular flexibility index (Phi) is 6.05. The van der Waals surface area contributed by atoms with Crippen LogP contribution in [0.2, 0.25) is 0 Å². The lowest BCUT2D eigenvalue weighted by molar-refractivity contribution is -0.0699. The van der Waals surface area contributed by atoms with Crippen LogP contribution in [0, 0.1) is 11.8 Å². The maximum absolute atomic E-state index is 13.0. The third-order valence-corrected chi connectivity index (χ3v) is 8.75. The Morgan fingerprint density at radius 2 is 1.75 bits per heavy atom. The minimum atomic E-state index is -1.20. The Hall–Kier alpha value is -3.75. The van der Waals surface area contributed by atoms with Gasteiger partial charge in [0, 0.05) is 36.3 Å². The van der Waals surface area contributed by atoms with Crippen LogP contribution < -0.4 is 19.9 Å². The first kappa shape index (κ1) is 26.5. The maximum Gasteiger partial charge on any atom is 0.169 e. The van der Waals surface area contributed by atoms with Crippen LogP contribution in [-0.2, 0) is 11.2 Å². The number of Topliss-reactive ketones (excluding diaryl/α,β-unsaturated/α-hetero) is 1. The summed E-state index contributed by atoms with van der Waals surface area (Å²) in [7, 11) is 3.08. The Morgan fingerprint density at radius 1 is 1.00 bits per heavy atom. The van der Waals surface area contributed by atoms with Gasteiger partial charge in [-0.3, -0.25) is 4.79 Å². The van der Waals surface area contributed by atoms with E-state index in [4.69, 9.17) is 14.2 Å². The predicted octanol–water partition coefficient (Wildman–Crippen LogP) is 3.46. The standard InChI is InChI=1S/C32H34O8/c1-14-8-20-24(15(2)40-14)30(35)28-21(10-18(38-4)11-23(28)39-5)27(20)19-7-6-16-9-17-12-32(3,37)13-22(33)25(17)31(36)26(16)29(19)34/h6-7,9-11,14-15,20,24,34-37H,8,12-13H2,1-5H3/t14-,15+,20-,24+,32+/m0/s1. The van der Waals surface area contributed by atoms with Crippen LogP contribution in [0.5, 0.6) is 23.0 Å². The summed E-state index contributed by atoms with van der Waals surface area (Å²) >= 11 is 0. The molecule has 8 nitrogen and oxygen atoms in total. The summed E-state index contributed by atoms with van der Waals surface area (Å²) in [4.78, 5) is 13.0. The Labute approximate surface area is 231 Å². The summed E-state index contributed by atoms with van der Waals surface area (Å²) < 4.78 is 17.4. The molecule has 210 valence electrons. The molecule has 0 aromatic heterocycles. The first-order chi connectivity index (χ1) is 19.0. The quantitative estimate of drug-likeness (QED) is 0.394. The zero-order chi connectivity index (χ0) is 28.7. The Morgan fingerprint density at radius 3 is 2.45 bits per heavy atom. The van der Waals surface area contributed by atoms with E-state index in [1.165, 1.54) is 7.11 Å². The molecule has 2 aliphatic carbocycles. The van der Waals surface area contributed by atoms with Gasteiger partial charge in [-0.2, -0.15) is 0 Å². The number of ketones is 1. The molecule has 5 atom stereocenters. The average molecular weight is 547 g/mol. The number of fused-ring (bicyclic) bond motifs is 4. The number of aliphatic hydroxyl groups is 2. The van der Waals surface area contributed by atoms with Gasteiger partial charge in [0.15, 0.2) is 5.78 Å². The zero-order valence-corrected chi connectivity index (χ0v) is 23.2. The molecular formula is C32H34O8. The highest BCUT2D eigenvalue weighted by molar-refractivity contribution is 6.10. The molecule has 1 saturated heterocycles. The molecule has 8 heteroatoms. The summed E-state index contributed by atoms with van der Waals surface area (Å²) in [5.41, 5.74) is 0.757. The minimum Gasteiger partial charge on any atom is -0.511 e. The number of phenols is 2. The SMILES string of the molecule is COc1cc(OC)c2c(c1)=C(c1ccc3cc4c(c(O)c3c1O)C(=O)C[C@](C)(O)C4)[C@H]1C[C@H](C)O[C@H](C)[C@H]1C=2O. The van der Waals surface area contributed by atoms with Crippen LogP contribution >= 0.6 is 0 Å².